The number of carbonyl (C=O) groups is 2. The lowest BCUT2D eigenvalue weighted by Gasteiger charge is -2.47. The molecule has 0 aliphatic heterocycles. The predicted octanol–water partition coefficient (Wildman–Crippen LogP) is 6.77. The summed E-state index contributed by atoms with van der Waals surface area (Å²) in [6.45, 7) is 13.1. The fraction of sp³-hybridized carbons (Fsp3) is 0.724. The number of esters is 2. The first-order valence-corrected chi connectivity index (χ1v) is 13.2. The van der Waals surface area contributed by atoms with Crippen molar-refractivity contribution < 1.29 is 24.2 Å². The third-order valence-corrected chi connectivity index (χ3v) is 8.25. The van der Waals surface area contributed by atoms with E-state index in [1.807, 2.05) is 0 Å². The number of hydrogen-bond acceptors (Lipinski definition) is 5. The Labute approximate surface area is 205 Å². The monoisotopic (exact) mass is 472 g/mol. The van der Waals surface area contributed by atoms with Gasteiger partial charge in [0, 0.05) is 5.92 Å². The fourth-order valence-corrected chi connectivity index (χ4v) is 6.46. The zero-order chi connectivity index (χ0) is 25.0. The molecule has 1 aromatic carbocycles. The highest BCUT2D eigenvalue weighted by atomic mass is 16.6. The average Bonchev–Trinajstić information content (AvgIpc) is 2.73. The molecular weight excluding hydrogens is 428 g/mol. The Hall–Kier alpha value is -2.04. The molecule has 6 atom stereocenters. The summed E-state index contributed by atoms with van der Waals surface area (Å²) in [7, 11) is 0. The molecule has 5 heteroatoms. The Morgan fingerprint density at radius 3 is 2.32 bits per heavy atom. The van der Waals surface area contributed by atoms with Crippen molar-refractivity contribution in [2.24, 2.45) is 35.5 Å². The molecule has 0 spiro atoms. The van der Waals surface area contributed by atoms with Gasteiger partial charge in [0.1, 0.15) is 23.0 Å². The molecule has 0 aromatic heterocycles. The van der Waals surface area contributed by atoms with E-state index in [9.17, 15) is 14.7 Å². The number of para-hydroxylation sites is 1. The second kappa shape index (κ2) is 11.1. The Morgan fingerprint density at radius 2 is 1.68 bits per heavy atom. The number of benzene rings is 1. The minimum atomic E-state index is -0.935. The van der Waals surface area contributed by atoms with Gasteiger partial charge in [-0.1, -0.05) is 66.5 Å². The third-order valence-electron chi connectivity index (χ3n) is 8.25. The third kappa shape index (κ3) is 6.14. The maximum Gasteiger partial charge on any atom is 0.342 e. The molecular formula is C29H44O5. The number of hydrogen-bond donors (Lipinski definition) is 1. The van der Waals surface area contributed by atoms with E-state index in [1.165, 1.54) is 12.5 Å². The van der Waals surface area contributed by atoms with Crippen LogP contribution in [0.3, 0.4) is 0 Å². The lowest BCUT2D eigenvalue weighted by atomic mass is 9.65. The summed E-state index contributed by atoms with van der Waals surface area (Å²) in [5.74, 6) is 1.05. The molecule has 0 radical (unpaired) electrons. The van der Waals surface area contributed by atoms with Crippen LogP contribution in [0.2, 0.25) is 0 Å². The quantitative estimate of drug-likeness (QED) is 0.443. The summed E-state index contributed by atoms with van der Waals surface area (Å²) in [5, 5.41) is 10.2. The summed E-state index contributed by atoms with van der Waals surface area (Å²) in [6, 6.07) is 6.43. The van der Waals surface area contributed by atoms with E-state index in [0.29, 0.717) is 30.1 Å². The average molecular weight is 473 g/mol. The van der Waals surface area contributed by atoms with E-state index in [-0.39, 0.29) is 41.6 Å². The van der Waals surface area contributed by atoms with Gasteiger partial charge in [0.2, 0.25) is 0 Å². The van der Waals surface area contributed by atoms with E-state index in [2.05, 4.69) is 41.5 Å². The Kier molecular flexibility index (Phi) is 8.70. The minimum absolute atomic E-state index is 0.0530. The molecule has 34 heavy (non-hydrogen) atoms. The molecule has 2 aliphatic carbocycles. The highest BCUT2D eigenvalue weighted by Gasteiger charge is 2.50. The lowest BCUT2D eigenvalue weighted by Crippen LogP contribution is -2.51. The molecule has 5 nitrogen and oxygen atoms in total. The van der Waals surface area contributed by atoms with Crippen LogP contribution < -0.4 is 0 Å². The van der Waals surface area contributed by atoms with Gasteiger partial charge in [0.15, 0.2) is 0 Å². The van der Waals surface area contributed by atoms with Crippen molar-refractivity contribution in [3.63, 3.8) is 0 Å². The van der Waals surface area contributed by atoms with Crippen molar-refractivity contribution in [2.45, 2.75) is 98.2 Å². The fourth-order valence-electron chi connectivity index (χ4n) is 6.46. The van der Waals surface area contributed by atoms with Gasteiger partial charge in [0.25, 0.3) is 0 Å². The van der Waals surface area contributed by atoms with Gasteiger partial charge in [0.05, 0.1) is 6.42 Å². The SMILES string of the molecule is CC1CCC(C(C)C)C(OC(=O)CC2(OC(=O)c3ccccc3O)CC(C)CCC2C(C)C)C1. The van der Waals surface area contributed by atoms with Gasteiger partial charge in [-0.15, -0.1) is 0 Å². The van der Waals surface area contributed by atoms with Gasteiger partial charge in [-0.3, -0.25) is 4.79 Å². The molecule has 190 valence electrons. The molecule has 0 heterocycles. The summed E-state index contributed by atoms with van der Waals surface area (Å²) in [4.78, 5) is 26.7. The van der Waals surface area contributed by atoms with Crippen LogP contribution >= 0.6 is 0 Å². The van der Waals surface area contributed by atoms with Crippen molar-refractivity contribution >= 4 is 11.9 Å². The van der Waals surface area contributed by atoms with Gasteiger partial charge in [-0.05, 0) is 67.4 Å². The van der Waals surface area contributed by atoms with Gasteiger partial charge >= 0.3 is 11.9 Å². The molecule has 0 saturated heterocycles. The van der Waals surface area contributed by atoms with Crippen LogP contribution in [-0.4, -0.2) is 28.8 Å². The Balaban J connectivity index is 1.86. The zero-order valence-electron chi connectivity index (χ0n) is 21.9. The smallest absolute Gasteiger partial charge is 0.342 e. The van der Waals surface area contributed by atoms with Crippen LogP contribution in [0.1, 0.15) is 96.8 Å². The first-order valence-electron chi connectivity index (χ1n) is 13.2. The molecule has 2 aliphatic rings. The summed E-state index contributed by atoms with van der Waals surface area (Å²) in [6.07, 6.45) is 5.69. The number of rotatable bonds is 7. The van der Waals surface area contributed by atoms with Gasteiger partial charge in [-0.2, -0.15) is 0 Å². The largest absolute Gasteiger partial charge is 0.507 e. The lowest BCUT2D eigenvalue weighted by molar-refractivity contribution is -0.168. The van der Waals surface area contributed by atoms with Crippen molar-refractivity contribution in [1.82, 2.24) is 0 Å². The molecule has 2 fully saturated rings. The van der Waals surface area contributed by atoms with Crippen molar-refractivity contribution in [2.75, 3.05) is 0 Å². The highest BCUT2D eigenvalue weighted by Crippen LogP contribution is 2.47. The minimum Gasteiger partial charge on any atom is -0.507 e. The van der Waals surface area contributed by atoms with Crippen LogP contribution in [0.15, 0.2) is 24.3 Å². The van der Waals surface area contributed by atoms with Crippen LogP contribution in [0.25, 0.3) is 0 Å². The molecule has 3 rings (SSSR count). The number of ether oxygens (including phenoxy) is 2. The van der Waals surface area contributed by atoms with Gasteiger partial charge in [-0.25, -0.2) is 4.79 Å². The van der Waals surface area contributed by atoms with E-state index >= 15 is 0 Å². The first-order chi connectivity index (χ1) is 16.0. The normalized spacial score (nSPS) is 31.9. The number of phenols is 1. The van der Waals surface area contributed by atoms with E-state index in [1.54, 1.807) is 18.2 Å². The first kappa shape index (κ1) is 26.6. The topological polar surface area (TPSA) is 72.8 Å². The van der Waals surface area contributed by atoms with Crippen LogP contribution in [0, 0.1) is 35.5 Å². The molecule has 0 amide bonds. The molecule has 0 bridgehead atoms. The van der Waals surface area contributed by atoms with E-state index in [4.69, 9.17) is 9.47 Å². The standard InChI is InChI=1S/C29H44O5/c1-18(2)22-13-11-20(5)15-26(22)33-27(31)17-29(16-21(6)12-14-24(29)19(3)4)34-28(32)23-9-7-8-10-25(23)30/h7-10,18-22,24,26,30H,11-17H2,1-6H3. The molecule has 1 aromatic rings. The van der Waals surface area contributed by atoms with Gasteiger partial charge < -0.3 is 14.6 Å². The van der Waals surface area contributed by atoms with Crippen molar-refractivity contribution in [1.29, 1.82) is 0 Å². The second-order valence-electron chi connectivity index (χ2n) is 11.7. The van der Waals surface area contributed by atoms with Crippen LogP contribution in [0.5, 0.6) is 5.75 Å². The maximum atomic E-state index is 13.5. The highest BCUT2D eigenvalue weighted by molar-refractivity contribution is 5.92. The number of aromatic hydroxyl groups is 1. The number of phenolic OH excluding ortho intramolecular Hbond substituents is 1. The van der Waals surface area contributed by atoms with Crippen LogP contribution in [-0.2, 0) is 14.3 Å². The predicted molar refractivity (Wildman–Crippen MR) is 133 cm³/mol. The molecule has 6 unspecified atom stereocenters. The van der Waals surface area contributed by atoms with Crippen molar-refractivity contribution in [3.05, 3.63) is 29.8 Å². The summed E-state index contributed by atoms with van der Waals surface area (Å²) < 4.78 is 12.4. The maximum absolute atomic E-state index is 13.5. The van der Waals surface area contributed by atoms with E-state index in [0.717, 1.165) is 25.7 Å². The van der Waals surface area contributed by atoms with Crippen molar-refractivity contribution in [3.8, 4) is 5.75 Å². The zero-order valence-corrected chi connectivity index (χ0v) is 21.9. The summed E-state index contributed by atoms with van der Waals surface area (Å²) in [5.41, 5.74) is -0.799. The van der Waals surface area contributed by atoms with Crippen LogP contribution in [0.4, 0.5) is 0 Å². The Morgan fingerprint density at radius 1 is 1.00 bits per heavy atom. The molecule has 2 saturated carbocycles. The van der Waals surface area contributed by atoms with E-state index < -0.39 is 11.6 Å². The second-order valence-corrected chi connectivity index (χ2v) is 11.7. The summed E-state index contributed by atoms with van der Waals surface area (Å²) >= 11 is 0. The molecule has 1 N–H and O–H groups in total. The number of carbonyl (C=O) groups excluding carboxylic acids is 2. The Bertz CT molecular complexity index is 847.